The van der Waals surface area contributed by atoms with E-state index in [-0.39, 0.29) is 29.1 Å². The highest BCUT2D eigenvalue weighted by molar-refractivity contribution is 7.14. The van der Waals surface area contributed by atoms with Gasteiger partial charge in [0.05, 0.1) is 23.9 Å². The topological polar surface area (TPSA) is 127 Å². The van der Waals surface area contributed by atoms with Crippen molar-refractivity contribution in [3.8, 4) is 0 Å². The number of furan rings is 1. The SMILES string of the molecule is Cc1occc1C(=O)Nc1nc(CC(=O)Nc2cc(C(N)=O)cc(F)c2C)cs1. The van der Waals surface area contributed by atoms with Crippen LogP contribution in [-0.2, 0) is 11.2 Å². The Hall–Kier alpha value is -3.53. The maximum Gasteiger partial charge on any atom is 0.260 e. The molecule has 8 nitrogen and oxygen atoms in total. The van der Waals surface area contributed by atoms with Gasteiger partial charge in [0.15, 0.2) is 5.13 Å². The number of aromatic nitrogens is 1. The van der Waals surface area contributed by atoms with Crippen LogP contribution in [0.3, 0.4) is 0 Å². The van der Waals surface area contributed by atoms with Crippen LogP contribution in [0.5, 0.6) is 0 Å². The van der Waals surface area contributed by atoms with Crippen LogP contribution in [0.15, 0.2) is 34.3 Å². The Morgan fingerprint density at radius 2 is 2.00 bits per heavy atom. The van der Waals surface area contributed by atoms with Crippen LogP contribution in [0.1, 0.15) is 37.7 Å². The standard InChI is InChI=1S/C19H17FN4O4S/c1-9-14(20)5-11(17(21)26)6-15(9)23-16(25)7-12-8-29-19(22-12)24-18(27)13-3-4-28-10(13)2/h3-6,8H,7H2,1-2H3,(H2,21,26)(H,23,25)(H,22,24,27). The Balaban J connectivity index is 1.66. The van der Waals surface area contributed by atoms with Crippen molar-refractivity contribution in [1.82, 2.24) is 4.98 Å². The first-order chi connectivity index (χ1) is 13.7. The van der Waals surface area contributed by atoms with Crippen molar-refractivity contribution in [1.29, 1.82) is 0 Å². The summed E-state index contributed by atoms with van der Waals surface area (Å²) in [6.45, 7) is 3.15. The Morgan fingerprint density at radius 3 is 2.66 bits per heavy atom. The molecular formula is C19H17FN4O4S. The summed E-state index contributed by atoms with van der Waals surface area (Å²) >= 11 is 1.17. The van der Waals surface area contributed by atoms with Gasteiger partial charge < -0.3 is 15.5 Å². The lowest BCUT2D eigenvalue weighted by molar-refractivity contribution is -0.115. The van der Waals surface area contributed by atoms with Gasteiger partial charge in [0, 0.05) is 22.2 Å². The molecule has 0 unspecified atom stereocenters. The number of carbonyl (C=O) groups is 3. The predicted molar refractivity (Wildman–Crippen MR) is 106 cm³/mol. The number of benzene rings is 1. The third kappa shape index (κ3) is 4.66. The van der Waals surface area contributed by atoms with Crippen LogP contribution in [0, 0.1) is 19.7 Å². The zero-order valence-electron chi connectivity index (χ0n) is 15.5. The summed E-state index contributed by atoms with van der Waals surface area (Å²) in [6, 6.07) is 3.89. The maximum absolute atomic E-state index is 13.9. The molecule has 150 valence electrons. The van der Waals surface area contributed by atoms with Gasteiger partial charge in [0.1, 0.15) is 11.6 Å². The minimum atomic E-state index is -0.799. The van der Waals surface area contributed by atoms with Crippen LogP contribution < -0.4 is 16.4 Å². The fraction of sp³-hybridized carbons (Fsp3) is 0.158. The molecule has 0 radical (unpaired) electrons. The van der Waals surface area contributed by atoms with Crippen LogP contribution in [0.25, 0.3) is 0 Å². The molecule has 0 aliphatic carbocycles. The van der Waals surface area contributed by atoms with Crippen molar-refractivity contribution in [2.75, 3.05) is 10.6 Å². The number of halogens is 1. The molecule has 10 heteroatoms. The first-order valence-corrected chi connectivity index (χ1v) is 9.32. The molecule has 0 fully saturated rings. The number of aryl methyl sites for hydroxylation is 1. The molecule has 0 saturated heterocycles. The average Bonchev–Trinajstić information content (AvgIpc) is 3.27. The third-order valence-corrected chi connectivity index (χ3v) is 4.93. The molecule has 2 aromatic heterocycles. The molecule has 3 amide bonds. The van der Waals surface area contributed by atoms with E-state index in [0.29, 0.717) is 22.1 Å². The lowest BCUT2D eigenvalue weighted by Gasteiger charge is -2.10. The second kappa shape index (κ2) is 8.23. The van der Waals surface area contributed by atoms with Gasteiger partial charge in [0.2, 0.25) is 11.8 Å². The van der Waals surface area contributed by atoms with E-state index < -0.39 is 17.6 Å². The highest BCUT2D eigenvalue weighted by Gasteiger charge is 2.16. The molecular weight excluding hydrogens is 399 g/mol. The summed E-state index contributed by atoms with van der Waals surface area (Å²) in [5.41, 5.74) is 6.29. The molecule has 4 N–H and O–H groups in total. The maximum atomic E-state index is 13.9. The van der Waals surface area contributed by atoms with E-state index in [1.807, 2.05) is 0 Å². The quantitative estimate of drug-likeness (QED) is 0.569. The fourth-order valence-electron chi connectivity index (χ4n) is 2.54. The minimum absolute atomic E-state index is 0.0448. The monoisotopic (exact) mass is 416 g/mol. The lowest BCUT2D eigenvalue weighted by atomic mass is 10.1. The summed E-state index contributed by atoms with van der Waals surface area (Å²) in [4.78, 5) is 40.0. The van der Waals surface area contributed by atoms with E-state index in [1.54, 1.807) is 18.4 Å². The number of hydrogen-bond donors (Lipinski definition) is 3. The van der Waals surface area contributed by atoms with E-state index in [2.05, 4.69) is 15.6 Å². The number of hydrogen-bond acceptors (Lipinski definition) is 6. The second-order valence-corrected chi connectivity index (χ2v) is 7.07. The average molecular weight is 416 g/mol. The fourth-order valence-corrected chi connectivity index (χ4v) is 3.25. The first-order valence-electron chi connectivity index (χ1n) is 8.44. The van der Waals surface area contributed by atoms with Gasteiger partial charge in [-0.15, -0.1) is 11.3 Å². The molecule has 3 rings (SSSR count). The molecule has 0 bridgehead atoms. The van der Waals surface area contributed by atoms with Crippen molar-refractivity contribution < 1.29 is 23.2 Å². The second-order valence-electron chi connectivity index (χ2n) is 6.21. The Kier molecular flexibility index (Phi) is 5.74. The van der Waals surface area contributed by atoms with E-state index in [9.17, 15) is 18.8 Å². The molecule has 0 saturated carbocycles. The largest absolute Gasteiger partial charge is 0.469 e. The van der Waals surface area contributed by atoms with Gasteiger partial charge in [0.25, 0.3) is 5.91 Å². The first kappa shape index (κ1) is 20.2. The van der Waals surface area contributed by atoms with Gasteiger partial charge in [-0.1, -0.05) is 0 Å². The number of anilines is 2. The zero-order valence-corrected chi connectivity index (χ0v) is 16.4. The number of amides is 3. The van der Waals surface area contributed by atoms with E-state index in [4.69, 9.17) is 10.2 Å². The normalized spacial score (nSPS) is 10.6. The number of rotatable bonds is 6. The van der Waals surface area contributed by atoms with E-state index in [0.717, 1.165) is 6.07 Å². The van der Waals surface area contributed by atoms with E-state index >= 15 is 0 Å². The van der Waals surface area contributed by atoms with Gasteiger partial charge in [-0.3, -0.25) is 19.7 Å². The van der Waals surface area contributed by atoms with E-state index in [1.165, 1.54) is 30.6 Å². The van der Waals surface area contributed by atoms with Crippen molar-refractivity contribution in [2.45, 2.75) is 20.3 Å². The molecule has 0 atom stereocenters. The number of nitrogens with zero attached hydrogens (tertiary/aromatic N) is 1. The summed E-state index contributed by atoms with van der Waals surface area (Å²) in [5.74, 6) is -1.78. The molecule has 0 aliphatic heterocycles. The summed E-state index contributed by atoms with van der Waals surface area (Å²) in [7, 11) is 0. The molecule has 0 aliphatic rings. The van der Waals surface area contributed by atoms with Crippen molar-refractivity contribution in [2.24, 2.45) is 5.73 Å². The molecule has 29 heavy (non-hydrogen) atoms. The smallest absolute Gasteiger partial charge is 0.260 e. The Morgan fingerprint density at radius 1 is 1.24 bits per heavy atom. The van der Waals surface area contributed by atoms with Crippen molar-refractivity contribution >= 4 is 39.9 Å². The molecule has 2 heterocycles. The number of primary amides is 1. The van der Waals surface area contributed by atoms with Crippen molar-refractivity contribution in [3.05, 3.63) is 63.8 Å². The van der Waals surface area contributed by atoms with Crippen LogP contribution in [-0.4, -0.2) is 22.7 Å². The lowest BCUT2D eigenvalue weighted by Crippen LogP contribution is -2.18. The third-order valence-electron chi connectivity index (χ3n) is 4.12. The molecule has 0 spiro atoms. The van der Waals surface area contributed by atoms with Crippen molar-refractivity contribution in [3.63, 3.8) is 0 Å². The van der Waals surface area contributed by atoms with Gasteiger partial charge in [-0.05, 0) is 32.0 Å². The number of thiazole rings is 1. The number of nitrogens with two attached hydrogens (primary N) is 1. The van der Waals surface area contributed by atoms with Crippen LogP contribution >= 0.6 is 11.3 Å². The zero-order chi connectivity index (χ0) is 21.1. The Labute approximate surface area is 168 Å². The Bertz CT molecular complexity index is 1110. The number of carbonyl (C=O) groups excluding carboxylic acids is 3. The van der Waals surface area contributed by atoms with Gasteiger partial charge in [-0.2, -0.15) is 0 Å². The molecule has 1 aromatic carbocycles. The number of nitrogens with one attached hydrogen (secondary N) is 2. The van der Waals surface area contributed by atoms with Gasteiger partial charge in [-0.25, -0.2) is 9.37 Å². The van der Waals surface area contributed by atoms with Gasteiger partial charge >= 0.3 is 0 Å². The van der Waals surface area contributed by atoms with Crippen LogP contribution in [0.2, 0.25) is 0 Å². The summed E-state index contributed by atoms with van der Waals surface area (Å²) in [5, 5.41) is 7.15. The van der Waals surface area contributed by atoms with Crippen LogP contribution in [0.4, 0.5) is 15.2 Å². The molecule has 3 aromatic rings. The minimum Gasteiger partial charge on any atom is -0.469 e. The predicted octanol–water partition coefficient (Wildman–Crippen LogP) is 3.02. The summed E-state index contributed by atoms with van der Waals surface area (Å²) in [6.07, 6.45) is 1.32. The highest BCUT2D eigenvalue weighted by atomic mass is 32.1. The summed E-state index contributed by atoms with van der Waals surface area (Å²) < 4.78 is 19.0. The highest BCUT2D eigenvalue weighted by Crippen LogP contribution is 2.22.